The molecule has 1 fully saturated rings. The number of esters is 1. The average Bonchev–Trinajstić information content (AvgIpc) is 2.97. The molecule has 0 bridgehead atoms. The number of methoxy groups -OCH3 is 1. The second-order valence-electron chi connectivity index (χ2n) is 8.83. The lowest BCUT2D eigenvalue weighted by molar-refractivity contribution is 0.0602. The van der Waals surface area contributed by atoms with Crippen LogP contribution in [0.3, 0.4) is 0 Å². The molecular formula is C27H28BrFN2O2. The lowest BCUT2D eigenvalue weighted by atomic mass is 9.89. The van der Waals surface area contributed by atoms with Crippen LogP contribution >= 0.6 is 15.9 Å². The van der Waals surface area contributed by atoms with E-state index in [4.69, 9.17) is 11.3 Å². The average molecular weight is 511 g/mol. The molecule has 0 N–H and O–H groups in total. The summed E-state index contributed by atoms with van der Waals surface area (Å²) in [4.78, 5) is 18.1. The quantitative estimate of drug-likeness (QED) is 0.321. The zero-order valence-electron chi connectivity index (χ0n) is 18.9. The van der Waals surface area contributed by atoms with E-state index in [-0.39, 0.29) is 6.67 Å². The normalized spacial score (nSPS) is 16.5. The Morgan fingerprint density at radius 2 is 2.00 bits per heavy atom. The number of alkyl halides is 1. The van der Waals surface area contributed by atoms with E-state index in [0.717, 1.165) is 72.1 Å². The summed E-state index contributed by atoms with van der Waals surface area (Å²) < 4.78 is 18.4. The van der Waals surface area contributed by atoms with Crippen LogP contribution in [0.15, 0.2) is 40.9 Å². The van der Waals surface area contributed by atoms with E-state index in [0.29, 0.717) is 23.6 Å². The molecule has 2 aromatic rings. The van der Waals surface area contributed by atoms with Crippen molar-refractivity contribution in [3.05, 3.63) is 80.1 Å². The highest BCUT2D eigenvalue weighted by Gasteiger charge is 2.26. The standard InChI is InChI=1S/C27H28BrFN2O2/c1-30-25-15-22-21(14-23(25)27(32)33-2)5-3-6-24(28)26(22)20-9-7-18(8-10-20)13-19-16-31(17-19)12-4-11-29/h7-10,14-15,19H,3-6,11-13,16-17H2,2H3. The van der Waals surface area contributed by atoms with Gasteiger partial charge in [0.1, 0.15) is 0 Å². The van der Waals surface area contributed by atoms with Gasteiger partial charge in [-0.3, -0.25) is 4.39 Å². The fourth-order valence-electron chi connectivity index (χ4n) is 4.87. The largest absolute Gasteiger partial charge is 0.466 e. The predicted molar refractivity (Wildman–Crippen MR) is 133 cm³/mol. The van der Waals surface area contributed by atoms with Gasteiger partial charge in [-0.25, -0.2) is 9.64 Å². The lowest BCUT2D eigenvalue weighted by Gasteiger charge is -2.39. The van der Waals surface area contributed by atoms with Gasteiger partial charge in [0, 0.05) is 24.1 Å². The molecule has 4 rings (SSSR count). The molecule has 6 heteroatoms. The summed E-state index contributed by atoms with van der Waals surface area (Å²) in [5.74, 6) is 0.166. The highest BCUT2D eigenvalue weighted by molar-refractivity contribution is 9.11. The molecule has 4 nitrogen and oxygen atoms in total. The summed E-state index contributed by atoms with van der Waals surface area (Å²) in [5, 5.41) is 0. The predicted octanol–water partition coefficient (Wildman–Crippen LogP) is 6.35. The van der Waals surface area contributed by atoms with Gasteiger partial charge in [0.25, 0.3) is 0 Å². The molecule has 1 aliphatic heterocycles. The zero-order chi connectivity index (χ0) is 23.4. The molecule has 0 radical (unpaired) electrons. The van der Waals surface area contributed by atoms with Crippen LogP contribution in [0.4, 0.5) is 10.1 Å². The van der Waals surface area contributed by atoms with Crippen LogP contribution in [0, 0.1) is 12.5 Å². The van der Waals surface area contributed by atoms with E-state index in [1.807, 2.05) is 12.1 Å². The minimum Gasteiger partial charge on any atom is -0.466 e. The first-order valence-electron chi connectivity index (χ1n) is 11.4. The van der Waals surface area contributed by atoms with Crippen LogP contribution in [0.2, 0.25) is 0 Å². The fourth-order valence-corrected chi connectivity index (χ4v) is 5.59. The Labute approximate surface area is 203 Å². The summed E-state index contributed by atoms with van der Waals surface area (Å²) in [6.07, 6.45) is 4.38. The number of benzene rings is 2. The number of carbonyl (C=O) groups excluding carboxylic acids is 1. The molecule has 2 aliphatic rings. The van der Waals surface area contributed by atoms with Crippen LogP contribution in [-0.4, -0.2) is 44.3 Å². The molecule has 1 aliphatic carbocycles. The maximum Gasteiger partial charge on any atom is 0.327 e. The van der Waals surface area contributed by atoms with Crippen molar-refractivity contribution in [2.45, 2.75) is 32.1 Å². The number of fused-ring (bicyclic) bond motifs is 1. The Morgan fingerprint density at radius 3 is 2.67 bits per heavy atom. The van der Waals surface area contributed by atoms with Gasteiger partial charge >= 0.3 is 5.97 Å². The van der Waals surface area contributed by atoms with Crippen LogP contribution in [0.1, 0.15) is 51.9 Å². The summed E-state index contributed by atoms with van der Waals surface area (Å²) in [5.41, 5.74) is 6.24. The van der Waals surface area contributed by atoms with E-state index >= 15 is 0 Å². The third-order valence-electron chi connectivity index (χ3n) is 6.54. The van der Waals surface area contributed by atoms with Crippen LogP contribution in [0.5, 0.6) is 0 Å². The summed E-state index contributed by atoms with van der Waals surface area (Å²) >= 11 is 3.80. The SMILES string of the molecule is [C-]#[N+]c1cc2c(cc1C(=O)OC)CCCC(Br)=C2c1ccc(CC2CN(CCCF)C2)cc1. The van der Waals surface area contributed by atoms with Crippen LogP contribution in [-0.2, 0) is 17.6 Å². The van der Waals surface area contributed by atoms with Gasteiger partial charge in [-0.1, -0.05) is 46.3 Å². The molecular weight excluding hydrogens is 483 g/mol. The van der Waals surface area contributed by atoms with Crippen molar-refractivity contribution >= 4 is 33.2 Å². The van der Waals surface area contributed by atoms with E-state index in [1.165, 1.54) is 12.7 Å². The fraction of sp³-hybridized carbons (Fsp3) is 0.407. The maximum atomic E-state index is 12.3. The summed E-state index contributed by atoms with van der Waals surface area (Å²) in [7, 11) is 1.34. The number of allylic oxidation sites excluding steroid dienone is 1. The second kappa shape index (κ2) is 10.6. The highest BCUT2D eigenvalue weighted by Crippen LogP contribution is 2.40. The number of carbonyl (C=O) groups is 1. The van der Waals surface area contributed by atoms with Crippen molar-refractivity contribution in [3.63, 3.8) is 0 Å². The van der Waals surface area contributed by atoms with Crippen molar-refractivity contribution in [1.29, 1.82) is 0 Å². The molecule has 172 valence electrons. The van der Waals surface area contributed by atoms with Gasteiger partial charge in [-0.15, -0.1) is 0 Å². The molecule has 33 heavy (non-hydrogen) atoms. The first-order chi connectivity index (χ1) is 16.0. The Hall–Kier alpha value is -2.49. The summed E-state index contributed by atoms with van der Waals surface area (Å²) in [6.45, 7) is 10.3. The third kappa shape index (κ3) is 5.20. The topological polar surface area (TPSA) is 33.9 Å². The van der Waals surface area contributed by atoms with E-state index in [2.05, 4.69) is 49.9 Å². The molecule has 0 aromatic heterocycles. The van der Waals surface area contributed by atoms with E-state index in [9.17, 15) is 9.18 Å². The Kier molecular flexibility index (Phi) is 7.62. The van der Waals surface area contributed by atoms with Crippen molar-refractivity contribution in [2.75, 3.05) is 33.4 Å². The second-order valence-corrected chi connectivity index (χ2v) is 9.79. The number of ether oxygens (including phenoxy) is 1. The molecule has 0 amide bonds. The van der Waals surface area contributed by atoms with Crippen molar-refractivity contribution < 1.29 is 13.9 Å². The third-order valence-corrected chi connectivity index (χ3v) is 7.33. The van der Waals surface area contributed by atoms with Gasteiger partial charge in [-0.05, 0) is 71.9 Å². The van der Waals surface area contributed by atoms with Crippen molar-refractivity contribution in [1.82, 2.24) is 4.90 Å². The first kappa shape index (κ1) is 23.7. The monoisotopic (exact) mass is 510 g/mol. The number of rotatable bonds is 7. The first-order valence-corrected chi connectivity index (χ1v) is 12.2. The number of halogens is 2. The van der Waals surface area contributed by atoms with Gasteiger partial charge in [0.2, 0.25) is 5.69 Å². The lowest BCUT2D eigenvalue weighted by Crippen LogP contribution is -2.47. The number of nitrogens with zero attached hydrogens (tertiary/aromatic N) is 2. The molecule has 1 saturated heterocycles. The number of likely N-dealkylation sites (tertiary alicyclic amines) is 1. The maximum absolute atomic E-state index is 12.3. The minimum absolute atomic E-state index is 0.238. The number of hydrogen-bond acceptors (Lipinski definition) is 3. The van der Waals surface area contributed by atoms with E-state index < -0.39 is 5.97 Å². The smallest absolute Gasteiger partial charge is 0.327 e. The number of hydrogen-bond donors (Lipinski definition) is 0. The minimum atomic E-state index is -0.471. The molecule has 2 aromatic carbocycles. The zero-order valence-corrected chi connectivity index (χ0v) is 20.5. The highest BCUT2D eigenvalue weighted by atomic mass is 79.9. The van der Waals surface area contributed by atoms with Crippen molar-refractivity contribution in [2.24, 2.45) is 5.92 Å². The Morgan fingerprint density at radius 1 is 1.24 bits per heavy atom. The molecule has 0 atom stereocenters. The number of aryl methyl sites for hydroxylation is 1. The molecule has 0 unspecified atom stereocenters. The summed E-state index contributed by atoms with van der Waals surface area (Å²) in [6, 6.07) is 12.4. The molecule has 0 spiro atoms. The Bertz CT molecular complexity index is 1100. The van der Waals surface area contributed by atoms with Crippen LogP contribution < -0.4 is 0 Å². The van der Waals surface area contributed by atoms with Gasteiger partial charge in [0.05, 0.1) is 25.9 Å². The van der Waals surface area contributed by atoms with Crippen LogP contribution in [0.25, 0.3) is 10.4 Å². The molecule has 0 saturated carbocycles. The van der Waals surface area contributed by atoms with Gasteiger partial charge in [0.15, 0.2) is 0 Å². The van der Waals surface area contributed by atoms with Gasteiger partial charge in [-0.2, -0.15) is 0 Å². The van der Waals surface area contributed by atoms with Crippen molar-refractivity contribution in [3.8, 4) is 0 Å². The van der Waals surface area contributed by atoms with E-state index in [1.54, 1.807) is 0 Å². The Balaban J connectivity index is 1.58. The molecule has 1 heterocycles. The van der Waals surface area contributed by atoms with Gasteiger partial charge < -0.3 is 9.64 Å².